The van der Waals surface area contributed by atoms with E-state index in [9.17, 15) is 4.79 Å². The van der Waals surface area contributed by atoms with Gasteiger partial charge < -0.3 is 9.69 Å². The highest BCUT2D eigenvalue weighted by atomic mass is 16.1. The fraction of sp³-hybridized carbons (Fsp3) is 0.500. The van der Waals surface area contributed by atoms with Crippen LogP contribution in [0.2, 0.25) is 0 Å². The van der Waals surface area contributed by atoms with E-state index in [4.69, 9.17) is 0 Å². The molecule has 0 spiro atoms. The molecule has 1 heterocycles. The second-order valence-electron chi connectivity index (χ2n) is 5.07. The van der Waals surface area contributed by atoms with E-state index in [1.807, 2.05) is 0 Å². The van der Waals surface area contributed by atoms with Crippen molar-refractivity contribution in [2.75, 3.05) is 11.4 Å². The lowest BCUT2D eigenvalue weighted by molar-refractivity contribution is -0.108. The average Bonchev–Trinajstić information content (AvgIpc) is 2.28. The molecular weight excluding hydrogens is 198 g/mol. The summed E-state index contributed by atoms with van der Waals surface area (Å²) in [5.41, 5.74) is 2.64. The third-order valence-electron chi connectivity index (χ3n) is 3.42. The molecule has 2 rings (SSSR count). The van der Waals surface area contributed by atoms with Gasteiger partial charge in [0.2, 0.25) is 0 Å². The largest absolute Gasteiger partial charge is 0.366 e. The Morgan fingerprint density at radius 2 is 2.12 bits per heavy atom. The molecule has 0 saturated carbocycles. The maximum atomic E-state index is 10.7. The van der Waals surface area contributed by atoms with Crippen LogP contribution in [-0.4, -0.2) is 18.4 Å². The average molecular weight is 217 g/mol. The molecule has 2 heteroatoms. The van der Waals surface area contributed by atoms with Gasteiger partial charge in [-0.05, 0) is 38.3 Å². The lowest BCUT2D eigenvalue weighted by Gasteiger charge is -2.43. The van der Waals surface area contributed by atoms with Gasteiger partial charge in [0.25, 0.3) is 0 Å². The van der Waals surface area contributed by atoms with E-state index in [-0.39, 0.29) is 5.54 Å². The summed E-state index contributed by atoms with van der Waals surface area (Å²) in [5.74, 6) is 0. The van der Waals surface area contributed by atoms with Crippen LogP contribution in [0.25, 0.3) is 0 Å². The Hall–Kier alpha value is -1.31. The van der Waals surface area contributed by atoms with E-state index in [2.05, 4.69) is 43.0 Å². The molecule has 16 heavy (non-hydrogen) atoms. The molecule has 2 nitrogen and oxygen atoms in total. The highest BCUT2D eigenvalue weighted by Gasteiger charge is 2.29. The van der Waals surface area contributed by atoms with E-state index in [1.54, 1.807) is 0 Å². The van der Waals surface area contributed by atoms with E-state index in [0.717, 1.165) is 19.3 Å². The van der Waals surface area contributed by atoms with Gasteiger partial charge in [0.1, 0.15) is 6.29 Å². The summed E-state index contributed by atoms with van der Waals surface area (Å²) in [7, 11) is 0. The molecule has 0 aromatic heterocycles. The minimum atomic E-state index is -0.0712. The van der Waals surface area contributed by atoms with Gasteiger partial charge >= 0.3 is 0 Å². The number of rotatable bonds is 3. The SMILES string of the molecule is CC(C)(CC=O)N1CCCc2ccccc21. The van der Waals surface area contributed by atoms with Crippen LogP contribution in [0.4, 0.5) is 5.69 Å². The van der Waals surface area contributed by atoms with Crippen molar-refractivity contribution in [3.8, 4) is 0 Å². The Bertz CT molecular complexity index is 384. The van der Waals surface area contributed by atoms with E-state index < -0.39 is 0 Å². The van der Waals surface area contributed by atoms with Crippen molar-refractivity contribution in [2.45, 2.75) is 38.6 Å². The molecule has 1 aliphatic rings. The maximum absolute atomic E-state index is 10.7. The number of hydrogen-bond donors (Lipinski definition) is 0. The fourth-order valence-electron chi connectivity index (χ4n) is 2.48. The number of carbonyl (C=O) groups is 1. The molecule has 1 aliphatic heterocycles. The van der Waals surface area contributed by atoms with Crippen LogP contribution in [0.1, 0.15) is 32.3 Å². The molecule has 0 N–H and O–H groups in total. The molecule has 86 valence electrons. The molecule has 0 radical (unpaired) electrons. The summed E-state index contributed by atoms with van der Waals surface area (Å²) in [5, 5.41) is 0. The monoisotopic (exact) mass is 217 g/mol. The zero-order valence-electron chi connectivity index (χ0n) is 10.1. The number of carbonyl (C=O) groups excluding carboxylic acids is 1. The first-order valence-corrected chi connectivity index (χ1v) is 5.94. The predicted octanol–water partition coefficient (Wildman–Crippen LogP) is 2.81. The molecule has 0 bridgehead atoms. The topological polar surface area (TPSA) is 20.3 Å². The predicted molar refractivity (Wildman–Crippen MR) is 66.9 cm³/mol. The highest BCUT2D eigenvalue weighted by Crippen LogP contribution is 2.33. The third-order valence-corrected chi connectivity index (χ3v) is 3.42. The first-order valence-electron chi connectivity index (χ1n) is 5.94. The smallest absolute Gasteiger partial charge is 0.122 e. The number of benzene rings is 1. The Labute approximate surface area is 97.3 Å². The fourth-order valence-corrected chi connectivity index (χ4v) is 2.48. The zero-order valence-corrected chi connectivity index (χ0v) is 10.1. The van der Waals surface area contributed by atoms with E-state index >= 15 is 0 Å². The van der Waals surface area contributed by atoms with Crippen LogP contribution in [-0.2, 0) is 11.2 Å². The molecule has 1 aromatic carbocycles. The van der Waals surface area contributed by atoms with Gasteiger partial charge in [0, 0.05) is 24.2 Å². The van der Waals surface area contributed by atoms with E-state index in [1.165, 1.54) is 17.7 Å². The van der Waals surface area contributed by atoms with Crippen molar-refractivity contribution in [3.63, 3.8) is 0 Å². The first-order chi connectivity index (χ1) is 7.65. The molecule has 0 amide bonds. The van der Waals surface area contributed by atoms with Gasteiger partial charge in [-0.2, -0.15) is 0 Å². The summed E-state index contributed by atoms with van der Waals surface area (Å²) < 4.78 is 0. The standard InChI is InChI=1S/C14H19NO/c1-14(2,9-11-16)15-10-5-7-12-6-3-4-8-13(12)15/h3-4,6,8,11H,5,7,9-10H2,1-2H3. The molecule has 0 atom stereocenters. The number of para-hydroxylation sites is 1. The lowest BCUT2D eigenvalue weighted by atomic mass is 9.92. The number of hydrogen-bond acceptors (Lipinski definition) is 2. The van der Waals surface area contributed by atoms with Crippen LogP contribution in [0.5, 0.6) is 0 Å². The highest BCUT2D eigenvalue weighted by molar-refractivity contribution is 5.60. The number of nitrogens with zero attached hydrogens (tertiary/aromatic N) is 1. The van der Waals surface area contributed by atoms with Gasteiger partial charge in [-0.25, -0.2) is 0 Å². The molecule has 0 aliphatic carbocycles. The molecule has 0 saturated heterocycles. The normalized spacial score (nSPS) is 15.8. The van der Waals surface area contributed by atoms with Crippen molar-refractivity contribution < 1.29 is 4.79 Å². The Morgan fingerprint density at radius 1 is 1.38 bits per heavy atom. The van der Waals surface area contributed by atoms with Crippen LogP contribution in [0.15, 0.2) is 24.3 Å². The Kier molecular flexibility index (Phi) is 2.99. The van der Waals surface area contributed by atoms with Crippen molar-refractivity contribution in [1.82, 2.24) is 0 Å². The van der Waals surface area contributed by atoms with Gasteiger partial charge in [0.15, 0.2) is 0 Å². The summed E-state index contributed by atoms with van der Waals surface area (Å²) in [6, 6.07) is 8.53. The first kappa shape index (κ1) is 11.2. The Balaban J connectivity index is 2.34. The van der Waals surface area contributed by atoms with E-state index in [0.29, 0.717) is 6.42 Å². The Morgan fingerprint density at radius 3 is 2.88 bits per heavy atom. The molecule has 0 unspecified atom stereocenters. The van der Waals surface area contributed by atoms with Crippen LogP contribution in [0, 0.1) is 0 Å². The minimum Gasteiger partial charge on any atom is -0.366 e. The van der Waals surface area contributed by atoms with Gasteiger partial charge in [-0.15, -0.1) is 0 Å². The molecular formula is C14H19NO. The zero-order chi connectivity index (χ0) is 11.6. The summed E-state index contributed by atoms with van der Waals surface area (Å²) in [4.78, 5) is 13.1. The lowest BCUT2D eigenvalue weighted by Crippen LogP contribution is -2.47. The number of fused-ring (bicyclic) bond motifs is 1. The van der Waals surface area contributed by atoms with Crippen molar-refractivity contribution >= 4 is 12.0 Å². The second kappa shape index (κ2) is 4.28. The number of aryl methyl sites for hydroxylation is 1. The second-order valence-corrected chi connectivity index (χ2v) is 5.07. The quantitative estimate of drug-likeness (QED) is 0.726. The van der Waals surface area contributed by atoms with Crippen molar-refractivity contribution in [3.05, 3.63) is 29.8 Å². The molecule has 1 aromatic rings. The third kappa shape index (κ3) is 1.97. The number of anilines is 1. The minimum absolute atomic E-state index is 0.0712. The van der Waals surface area contributed by atoms with Gasteiger partial charge in [-0.1, -0.05) is 18.2 Å². The van der Waals surface area contributed by atoms with Crippen molar-refractivity contribution in [2.24, 2.45) is 0 Å². The van der Waals surface area contributed by atoms with Crippen LogP contribution in [0.3, 0.4) is 0 Å². The molecule has 0 fully saturated rings. The maximum Gasteiger partial charge on any atom is 0.122 e. The van der Waals surface area contributed by atoms with Crippen molar-refractivity contribution in [1.29, 1.82) is 0 Å². The van der Waals surface area contributed by atoms with Gasteiger partial charge in [-0.3, -0.25) is 0 Å². The summed E-state index contributed by atoms with van der Waals surface area (Å²) >= 11 is 0. The van der Waals surface area contributed by atoms with Crippen LogP contribution >= 0.6 is 0 Å². The summed E-state index contributed by atoms with van der Waals surface area (Å²) in [6.45, 7) is 5.34. The number of aldehydes is 1. The van der Waals surface area contributed by atoms with Gasteiger partial charge in [0.05, 0.1) is 0 Å². The summed E-state index contributed by atoms with van der Waals surface area (Å²) in [6.07, 6.45) is 3.95. The van der Waals surface area contributed by atoms with Crippen LogP contribution < -0.4 is 4.90 Å².